The lowest BCUT2D eigenvalue weighted by Gasteiger charge is -2.32. The summed E-state index contributed by atoms with van der Waals surface area (Å²) in [4.78, 5) is 31.1. The maximum absolute atomic E-state index is 12.7. The highest BCUT2D eigenvalue weighted by molar-refractivity contribution is 7.92. The van der Waals surface area contributed by atoms with E-state index < -0.39 is 16.1 Å². The molecule has 2 aromatic carbocycles. The van der Waals surface area contributed by atoms with Gasteiger partial charge in [-0.3, -0.25) is 18.8 Å². The van der Waals surface area contributed by atoms with Gasteiger partial charge < -0.3 is 10.1 Å². The Balaban J connectivity index is 1.45. The van der Waals surface area contributed by atoms with Crippen LogP contribution >= 0.6 is 11.3 Å². The summed E-state index contributed by atoms with van der Waals surface area (Å²) in [6.45, 7) is 1.49. The Morgan fingerprint density at radius 2 is 1.91 bits per heavy atom. The second-order valence-corrected chi connectivity index (χ2v) is 10.4. The number of aromatic nitrogens is 1. The van der Waals surface area contributed by atoms with Crippen LogP contribution in [0.2, 0.25) is 0 Å². The molecule has 0 saturated heterocycles. The molecule has 1 aromatic heterocycles. The fraction of sp³-hybridized carbons (Fsp3) is 0.227. The molecule has 1 aliphatic heterocycles. The van der Waals surface area contributed by atoms with Crippen molar-refractivity contribution >= 4 is 49.7 Å². The Hall–Kier alpha value is -3.44. The van der Waals surface area contributed by atoms with E-state index in [0.29, 0.717) is 27.9 Å². The van der Waals surface area contributed by atoms with Gasteiger partial charge in [0.25, 0.3) is 5.91 Å². The first kappa shape index (κ1) is 22.7. The van der Waals surface area contributed by atoms with Crippen LogP contribution < -0.4 is 19.3 Å². The van der Waals surface area contributed by atoms with Crippen molar-refractivity contribution in [2.45, 2.75) is 13.0 Å². The zero-order valence-electron chi connectivity index (χ0n) is 18.2. The Kier molecular flexibility index (Phi) is 6.09. The Morgan fingerprint density at radius 1 is 1.21 bits per heavy atom. The summed E-state index contributed by atoms with van der Waals surface area (Å²) in [5, 5.41) is 4.93. The maximum Gasteiger partial charge on any atom is 0.268 e. The summed E-state index contributed by atoms with van der Waals surface area (Å²) >= 11 is 1.26. The molecule has 2 heterocycles. The zero-order valence-corrected chi connectivity index (χ0v) is 19.8. The predicted molar refractivity (Wildman–Crippen MR) is 128 cm³/mol. The van der Waals surface area contributed by atoms with Gasteiger partial charge in [-0.1, -0.05) is 24.3 Å². The van der Waals surface area contributed by atoms with Crippen molar-refractivity contribution < 1.29 is 22.7 Å². The monoisotopic (exact) mass is 486 g/mol. The minimum absolute atomic E-state index is 0.162. The highest BCUT2D eigenvalue weighted by atomic mass is 32.2. The van der Waals surface area contributed by atoms with Crippen LogP contribution in [0, 0.1) is 0 Å². The van der Waals surface area contributed by atoms with Gasteiger partial charge in [-0.15, -0.1) is 11.3 Å². The predicted octanol–water partition coefficient (Wildman–Crippen LogP) is 2.96. The number of sulfonamides is 1. The van der Waals surface area contributed by atoms with E-state index in [1.165, 1.54) is 27.6 Å². The van der Waals surface area contributed by atoms with Crippen molar-refractivity contribution in [1.82, 2.24) is 4.98 Å². The van der Waals surface area contributed by atoms with Crippen molar-refractivity contribution in [2.24, 2.45) is 0 Å². The van der Waals surface area contributed by atoms with Crippen LogP contribution in [-0.4, -0.2) is 51.2 Å². The fourth-order valence-electron chi connectivity index (χ4n) is 3.32. The van der Waals surface area contributed by atoms with Crippen molar-refractivity contribution in [3.63, 3.8) is 0 Å². The molecule has 2 amide bonds. The molecule has 3 aromatic rings. The molecule has 0 radical (unpaired) electrons. The van der Waals surface area contributed by atoms with Gasteiger partial charge in [0.2, 0.25) is 15.9 Å². The number of ether oxygens (including phenoxy) is 1. The number of carbonyl (C=O) groups excluding carboxylic acids is 2. The van der Waals surface area contributed by atoms with E-state index in [-0.39, 0.29) is 18.4 Å². The normalized spacial score (nSPS) is 15.5. The van der Waals surface area contributed by atoms with Crippen LogP contribution in [0.5, 0.6) is 5.75 Å². The van der Waals surface area contributed by atoms with Gasteiger partial charge in [-0.2, -0.15) is 0 Å². The van der Waals surface area contributed by atoms with E-state index in [2.05, 4.69) is 10.3 Å². The average Bonchev–Trinajstić information content (AvgIpc) is 3.24. The summed E-state index contributed by atoms with van der Waals surface area (Å²) in [6.07, 6.45) is 0.462. The molecule has 0 fully saturated rings. The lowest BCUT2D eigenvalue weighted by molar-refractivity contribution is -0.127. The number of hydrogen-bond acceptors (Lipinski definition) is 7. The second-order valence-electron chi connectivity index (χ2n) is 7.52. The lowest BCUT2D eigenvalue weighted by Crippen LogP contribution is -2.47. The van der Waals surface area contributed by atoms with Crippen LogP contribution in [0.15, 0.2) is 53.9 Å². The molecular weight excluding hydrogens is 464 g/mol. The molecule has 0 saturated carbocycles. The first-order valence-corrected chi connectivity index (χ1v) is 12.7. The molecular formula is C22H22N4O5S2. The highest BCUT2D eigenvalue weighted by Crippen LogP contribution is 2.33. The molecule has 172 valence electrons. The first-order valence-electron chi connectivity index (χ1n) is 10.0. The molecule has 1 unspecified atom stereocenters. The number of anilines is 3. The van der Waals surface area contributed by atoms with E-state index in [1.807, 2.05) is 6.07 Å². The van der Waals surface area contributed by atoms with Crippen LogP contribution in [0.1, 0.15) is 6.92 Å². The number of fused-ring (bicyclic) bond motifs is 1. The Morgan fingerprint density at radius 3 is 2.61 bits per heavy atom. The minimum atomic E-state index is -3.34. The van der Waals surface area contributed by atoms with Crippen LogP contribution in [0.25, 0.3) is 11.3 Å². The van der Waals surface area contributed by atoms with Gasteiger partial charge in [-0.05, 0) is 31.2 Å². The number of rotatable bonds is 6. The van der Waals surface area contributed by atoms with E-state index in [9.17, 15) is 18.0 Å². The van der Waals surface area contributed by atoms with Gasteiger partial charge in [0, 0.05) is 18.0 Å². The Bertz CT molecular complexity index is 1300. The van der Waals surface area contributed by atoms with Crippen molar-refractivity contribution in [3.8, 4) is 17.0 Å². The maximum atomic E-state index is 12.7. The number of carbonyl (C=O) groups is 2. The third kappa shape index (κ3) is 4.83. The van der Waals surface area contributed by atoms with E-state index >= 15 is 0 Å². The number of amides is 2. The average molecular weight is 487 g/mol. The van der Waals surface area contributed by atoms with Gasteiger partial charge >= 0.3 is 0 Å². The SMILES string of the molecule is CC1Oc2ccccc2N(CC(=O)Nc2nc(-c3ccc(N(C)S(C)(=O)=O)cc3)cs2)C1=O. The summed E-state index contributed by atoms with van der Waals surface area (Å²) in [6, 6.07) is 14.0. The summed E-state index contributed by atoms with van der Waals surface area (Å²) in [5.41, 5.74) is 2.51. The zero-order chi connectivity index (χ0) is 23.8. The molecule has 0 spiro atoms. The van der Waals surface area contributed by atoms with Gasteiger partial charge in [0.05, 0.1) is 23.3 Å². The molecule has 33 heavy (non-hydrogen) atoms. The van der Waals surface area contributed by atoms with Crippen molar-refractivity contribution in [1.29, 1.82) is 0 Å². The van der Waals surface area contributed by atoms with E-state index in [1.54, 1.807) is 54.8 Å². The third-order valence-corrected chi connectivity index (χ3v) is 7.11. The summed E-state index contributed by atoms with van der Waals surface area (Å²) in [7, 11) is -1.86. The minimum Gasteiger partial charge on any atom is -0.479 e. The Labute approximate surface area is 195 Å². The van der Waals surface area contributed by atoms with Gasteiger partial charge in [0.1, 0.15) is 12.3 Å². The molecule has 1 N–H and O–H groups in total. The van der Waals surface area contributed by atoms with Crippen molar-refractivity contribution in [3.05, 3.63) is 53.9 Å². The summed E-state index contributed by atoms with van der Waals surface area (Å²) < 4.78 is 30.2. The third-order valence-electron chi connectivity index (χ3n) is 5.15. The highest BCUT2D eigenvalue weighted by Gasteiger charge is 2.32. The topological polar surface area (TPSA) is 109 Å². The lowest BCUT2D eigenvalue weighted by atomic mass is 10.1. The quantitative estimate of drug-likeness (QED) is 0.574. The molecule has 0 bridgehead atoms. The fourth-order valence-corrected chi connectivity index (χ4v) is 4.56. The van der Waals surface area contributed by atoms with Gasteiger partial charge in [-0.25, -0.2) is 13.4 Å². The number of nitrogens with one attached hydrogen (secondary N) is 1. The molecule has 1 aliphatic rings. The molecule has 1 atom stereocenters. The molecule has 11 heteroatoms. The number of thiazole rings is 1. The van der Waals surface area contributed by atoms with Crippen LogP contribution in [0.4, 0.5) is 16.5 Å². The van der Waals surface area contributed by atoms with E-state index in [4.69, 9.17) is 4.74 Å². The first-order chi connectivity index (χ1) is 15.6. The largest absolute Gasteiger partial charge is 0.479 e. The number of hydrogen-bond donors (Lipinski definition) is 1. The second kappa shape index (κ2) is 8.83. The standard InChI is InChI=1S/C22H22N4O5S2/c1-14-21(28)26(18-6-4-5-7-19(18)31-14)12-20(27)24-22-23-17(13-32-22)15-8-10-16(11-9-15)25(2)33(3,29)30/h4-11,13-14H,12H2,1-3H3,(H,23,24,27). The molecule has 9 nitrogen and oxygen atoms in total. The van der Waals surface area contributed by atoms with Gasteiger partial charge in [0.15, 0.2) is 11.2 Å². The molecule has 4 rings (SSSR count). The number of benzene rings is 2. The molecule has 0 aliphatic carbocycles. The van der Waals surface area contributed by atoms with Crippen molar-refractivity contribution in [2.75, 3.05) is 34.4 Å². The van der Waals surface area contributed by atoms with Crippen LogP contribution in [0.3, 0.4) is 0 Å². The number of nitrogens with zero attached hydrogens (tertiary/aromatic N) is 3. The summed E-state index contributed by atoms with van der Waals surface area (Å²) in [5.74, 6) is -0.111. The van der Waals surface area contributed by atoms with E-state index in [0.717, 1.165) is 11.8 Å². The number of para-hydroxylation sites is 2. The smallest absolute Gasteiger partial charge is 0.268 e. The van der Waals surface area contributed by atoms with Crippen LogP contribution in [-0.2, 0) is 19.6 Å².